The molecule has 2 saturated carbocycles. The average molecular weight is 258 g/mol. The van der Waals surface area contributed by atoms with Crippen LogP contribution in [0.5, 0.6) is 0 Å². The SMILES string of the molecule is c1cc(CNC2CC2)ccc1CCCCNC1CC1. The Hall–Kier alpha value is -0.860. The summed E-state index contributed by atoms with van der Waals surface area (Å²) in [4.78, 5) is 0. The Kier molecular flexibility index (Phi) is 4.52. The summed E-state index contributed by atoms with van der Waals surface area (Å²) < 4.78 is 0. The van der Waals surface area contributed by atoms with Crippen LogP contribution in [-0.4, -0.2) is 18.6 Å². The summed E-state index contributed by atoms with van der Waals surface area (Å²) in [7, 11) is 0. The molecule has 0 saturated heterocycles. The van der Waals surface area contributed by atoms with Crippen LogP contribution in [0.15, 0.2) is 24.3 Å². The van der Waals surface area contributed by atoms with Gasteiger partial charge in [0.2, 0.25) is 0 Å². The molecule has 0 bridgehead atoms. The lowest BCUT2D eigenvalue weighted by atomic mass is 10.1. The molecule has 2 fully saturated rings. The van der Waals surface area contributed by atoms with Crippen LogP contribution in [0.1, 0.15) is 49.7 Å². The molecule has 0 atom stereocenters. The van der Waals surface area contributed by atoms with Gasteiger partial charge in [-0.1, -0.05) is 24.3 Å². The molecule has 0 spiro atoms. The smallest absolute Gasteiger partial charge is 0.0208 e. The maximum Gasteiger partial charge on any atom is 0.0208 e. The maximum atomic E-state index is 3.58. The summed E-state index contributed by atoms with van der Waals surface area (Å²) in [5, 5.41) is 7.14. The Labute approximate surface area is 117 Å². The summed E-state index contributed by atoms with van der Waals surface area (Å²) in [6, 6.07) is 10.8. The second-order valence-corrected chi connectivity index (χ2v) is 6.16. The van der Waals surface area contributed by atoms with Crippen molar-refractivity contribution < 1.29 is 0 Å². The number of aryl methyl sites for hydroxylation is 1. The minimum atomic E-state index is 0.804. The molecule has 0 radical (unpaired) electrons. The molecule has 0 heterocycles. The summed E-state index contributed by atoms with van der Waals surface area (Å²) in [5.74, 6) is 0. The molecule has 1 aromatic carbocycles. The Balaban J connectivity index is 1.30. The van der Waals surface area contributed by atoms with Crippen molar-refractivity contribution in [2.75, 3.05) is 6.54 Å². The first-order valence-electron chi connectivity index (χ1n) is 7.95. The first-order chi connectivity index (χ1) is 9.40. The molecule has 3 rings (SSSR count). The van der Waals surface area contributed by atoms with Gasteiger partial charge in [0, 0.05) is 18.6 Å². The molecule has 0 unspecified atom stereocenters. The molecule has 2 heteroatoms. The molecule has 104 valence electrons. The van der Waals surface area contributed by atoms with Gasteiger partial charge in [-0.25, -0.2) is 0 Å². The van der Waals surface area contributed by atoms with Gasteiger partial charge in [-0.15, -0.1) is 0 Å². The van der Waals surface area contributed by atoms with E-state index in [1.807, 2.05) is 0 Å². The van der Waals surface area contributed by atoms with E-state index < -0.39 is 0 Å². The Morgan fingerprint density at radius 1 is 0.789 bits per heavy atom. The molecule has 19 heavy (non-hydrogen) atoms. The van der Waals surface area contributed by atoms with Gasteiger partial charge in [-0.2, -0.15) is 0 Å². The topological polar surface area (TPSA) is 24.1 Å². The lowest BCUT2D eigenvalue weighted by molar-refractivity contribution is 0.619. The van der Waals surface area contributed by atoms with Crippen LogP contribution in [0.2, 0.25) is 0 Å². The van der Waals surface area contributed by atoms with Crippen LogP contribution < -0.4 is 10.6 Å². The third-order valence-electron chi connectivity index (χ3n) is 4.10. The minimum absolute atomic E-state index is 0.804. The number of benzene rings is 1. The Morgan fingerprint density at radius 3 is 2.11 bits per heavy atom. The standard InChI is InChI=1S/C17H26N2/c1(2-12-18-16-8-9-16)3-14-4-6-15(7-5-14)13-19-17-10-11-17/h4-7,16-19H,1-3,8-13H2. The number of hydrogen-bond acceptors (Lipinski definition) is 2. The third kappa shape index (κ3) is 4.96. The highest BCUT2D eigenvalue weighted by molar-refractivity contribution is 5.22. The third-order valence-corrected chi connectivity index (χ3v) is 4.10. The van der Waals surface area contributed by atoms with Crippen LogP contribution in [-0.2, 0) is 13.0 Å². The average Bonchev–Trinajstić information content (AvgIpc) is 3.31. The number of hydrogen-bond donors (Lipinski definition) is 2. The predicted molar refractivity (Wildman–Crippen MR) is 80.3 cm³/mol. The van der Waals surface area contributed by atoms with E-state index in [2.05, 4.69) is 34.9 Å². The van der Waals surface area contributed by atoms with E-state index in [-0.39, 0.29) is 0 Å². The van der Waals surface area contributed by atoms with Crippen LogP contribution in [0.3, 0.4) is 0 Å². The highest BCUT2D eigenvalue weighted by atomic mass is 14.9. The second kappa shape index (κ2) is 6.53. The van der Waals surface area contributed by atoms with Crippen LogP contribution >= 0.6 is 0 Å². The molecule has 2 N–H and O–H groups in total. The van der Waals surface area contributed by atoms with E-state index in [9.17, 15) is 0 Å². The van der Waals surface area contributed by atoms with Gasteiger partial charge in [-0.05, 0) is 62.6 Å². The fourth-order valence-corrected chi connectivity index (χ4v) is 2.42. The lowest BCUT2D eigenvalue weighted by Crippen LogP contribution is -2.17. The quantitative estimate of drug-likeness (QED) is 0.665. The predicted octanol–water partition coefficient (Wildman–Crippen LogP) is 3.01. The Morgan fingerprint density at radius 2 is 1.42 bits per heavy atom. The van der Waals surface area contributed by atoms with Crippen molar-refractivity contribution in [2.45, 2.75) is 63.6 Å². The largest absolute Gasteiger partial charge is 0.314 e. The molecule has 0 amide bonds. The van der Waals surface area contributed by atoms with Crippen molar-refractivity contribution in [2.24, 2.45) is 0 Å². The second-order valence-electron chi connectivity index (χ2n) is 6.16. The highest BCUT2D eigenvalue weighted by Gasteiger charge is 2.20. The van der Waals surface area contributed by atoms with Crippen molar-refractivity contribution in [3.05, 3.63) is 35.4 Å². The van der Waals surface area contributed by atoms with Crippen LogP contribution in [0.4, 0.5) is 0 Å². The molecule has 0 aromatic heterocycles. The molecule has 0 aliphatic heterocycles. The summed E-state index contributed by atoms with van der Waals surface area (Å²) in [5.41, 5.74) is 2.91. The van der Waals surface area contributed by atoms with Crippen LogP contribution in [0, 0.1) is 0 Å². The highest BCUT2D eigenvalue weighted by Crippen LogP contribution is 2.19. The van der Waals surface area contributed by atoms with Crippen molar-refractivity contribution in [3.8, 4) is 0 Å². The molecule has 2 aliphatic rings. The number of unbranched alkanes of at least 4 members (excludes halogenated alkanes) is 1. The van der Waals surface area contributed by atoms with Gasteiger partial charge in [0.25, 0.3) is 0 Å². The zero-order chi connectivity index (χ0) is 12.9. The fourth-order valence-electron chi connectivity index (χ4n) is 2.42. The van der Waals surface area contributed by atoms with E-state index in [0.29, 0.717) is 0 Å². The summed E-state index contributed by atoms with van der Waals surface area (Å²) in [6.07, 6.45) is 9.37. The van der Waals surface area contributed by atoms with Gasteiger partial charge in [-0.3, -0.25) is 0 Å². The zero-order valence-electron chi connectivity index (χ0n) is 11.8. The van der Waals surface area contributed by atoms with Crippen molar-refractivity contribution in [1.29, 1.82) is 0 Å². The number of nitrogens with one attached hydrogen (secondary N) is 2. The van der Waals surface area contributed by atoms with Crippen molar-refractivity contribution in [1.82, 2.24) is 10.6 Å². The lowest BCUT2D eigenvalue weighted by Gasteiger charge is -2.06. The van der Waals surface area contributed by atoms with Crippen molar-refractivity contribution >= 4 is 0 Å². The van der Waals surface area contributed by atoms with Gasteiger partial charge in [0.15, 0.2) is 0 Å². The zero-order valence-corrected chi connectivity index (χ0v) is 11.8. The van der Waals surface area contributed by atoms with Gasteiger partial charge in [0.05, 0.1) is 0 Å². The van der Waals surface area contributed by atoms with E-state index in [0.717, 1.165) is 18.6 Å². The van der Waals surface area contributed by atoms with Gasteiger partial charge in [0.1, 0.15) is 0 Å². The molecular formula is C17H26N2. The summed E-state index contributed by atoms with van der Waals surface area (Å²) >= 11 is 0. The molecular weight excluding hydrogens is 232 g/mol. The molecule has 1 aromatic rings. The number of rotatable bonds is 9. The van der Waals surface area contributed by atoms with E-state index in [4.69, 9.17) is 0 Å². The summed E-state index contributed by atoms with van der Waals surface area (Å²) in [6.45, 7) is 2.24. The van der Waals surface area contributed by atoms with Crippen LogP contribution in [0.25, 0.3) is 0 Å². The first-order valence-corrected chi connectivity index (χ1v) is 7.95. The van der Waals surface area contributed by atoms with Crippen molar-refractivity contribution in [3.63, 3.8) is 0 Å². The van der Waals surface area contributed by atoms with Gasteiger partial charge >= 0.3 is 0 Å². The molecule has 2 nitrogen and oxygen atoms in total. The van der Waals surface area contributed by atoms with E-state index >= 15 is 0 Å². The monoisotopic (exact) mass is 258 g/mol. The van der Waals surface area contributed by atoms with Gasteiger partial charge < -0.3 is 10.6 Å². The molecule has 2 aliphatic carbocycles. The van der Waals surface area contributed by atoms with E-state index in [1.165, 1.54) is 62.6 Å². The fraction of sp³-hybridized carbons (Fsp3) is 0.647. The van der Waals surface area contributed by atoms with E-state index in [1.54, 1.807) is 0 Å². The minimum Gasteiger partial charge on any atom is -0.314 e. The normalized spacial score (nSPS) is 18.7. The Bertz CT molecular complexity index is 377. The maximum absolute atomic E-state index is 3.58. The first kappa shape index (κ1) is 13.1.